The Kier molecular flexibility index (Phi) is 5.43. The quantitative estimate of drug-likeness (QED) is 0.808. The summed E-state index contributed by atoms with van der Waals surface area (Å²) in [7, 11) is 0. The van der Waals surface area contributed by atoms with E-state index in [-0.39, 0.29) is 0 Å². The second kappa shape index (κ2) is 7.08. The van der Waals surface area contributed by atoms with Gasteiger partial charge in [0.1, 0.15) is 0 Å². The van der Waals surface area contributed by atoms with E-state index in [1.165, 1.54) is 11.1 Å². The number of halogens is 2. The van der Waals surface area contributed by atoms with E-state index in [4.69, 9.17) is 11.6 Å². The fraction of sp³-hybridized carbons (Fsp3) is 0.357. The Bertz CT molecular complexity index is 539. The number of rotatable bonds is 6. The Morgan fingerprint density at radius 1 is 1.42 bits per heavy atom. The summed E-state index contributed by atoms with van der Waals surface area (Å²) in [5.41, 5.74) is 2.47. The molecule has 0 radical (unpaired) electrons. The average molecular weight is 343 g/mol. The van der Waals surface area contributed by atoms with Crippen LogP contribution in [0.4, 0.5) is 0 Å². The van der Waals surface area contributed by atoms with E-state index in [9.17, 15) is 0 Å². The molecule has 0 saturated heterocycles. The molecule has 1 aromatic heterocycles. The molecule has 0 unspecified atom stereocenters. The minimum Gasteiger partial charge on any atom is -0.313 e. The maximum atomic E-state index is 5.86. The molecular formula is C14H17BrClN3. The van der Waals surface area contributed by atoms with Crippen LogP contribution < -0.4 is 5.32 Å². The van der Waals surface area contributed by atoms with Gasteiger partial charge in [-0.25, -0.2) is 0 Å². The molecular weight excluding hydrogens is 326 g/mol. The first-order valence-electron chi connectivity index (χ1n) is 6.35. The first-order valence-corrected chi connectivity index (χ1v) is 7.52. The molecule has 0 bridgehead atoms. The summed E-state index contributed by atoms with van der Waals surface area (Å²) in [5, 5.41) is 8.25. The number of nitrogens with zero attached hydrogens (tertiary/aromatic N) is 2. The van der Waals surface area contributed by atoms with Gasteiger partial charge < -0.3 is 5.32 Å². The molecule has 19 heavy (non-hydrogen) atoms. The van der Waals surface area contributed by atoms with Crippen molar-refractivity contribution in [2.75, 3.05) is 6.54 Å². The molecule has 1 N–H and O–H groups in total. The first kappa shape index (κ1) is 14.6. The maximum Gasteiger partial charge on any atom is 0.0785 e. The van der Waals surface area contributed by atoms with Gasteiger partial charge in [0.2, 0.25) is 0 Å². The van der Waals surface area contributed by atoms with Gasteiger partial charge in [-0.05, 0) is 30.2 Å². The second-order valence-electron chi connectivity index (χ2n) is 4.46. The molecule has 1 heterocycles. The molecule has 2 aromatic rings. The molecule has 0 aliphatic heterocycles. The smallest absolute Gasteiger partial charge is 0.0785 e. The molecule has 0 atom stereocenters. The van der Waals surface area contributed by atoms with E-state index in [1.54, 1.807) is 6.20 Å². The molecule has 1 aromatic carbocycles. The average Bonchev–Trinajstić information content (AvgIpc) is 2.79. The lowest BCUT2D eigenvalue weighted by molar-refractivity contribution is 0.671. The highest BCUT2D eigenvalue weighted by atomic mass is 79.9. The van der Waals surface area contributed by atoms with Gasteiger partial charge in [-0.3, -0.25) is 4.68 Å². The molecule has 0 spiro atoms. The minimum atomic E-state index is 0.663. The van der Waals surface area contributed by atoms with Crippen LogP contribution in [0.15, 0.2) is 35.1 Å². The van der Waals surface area contributed by atoms with Gasteiger partial charge in [-0.1, -0.05) is 46.6 Å². The van der Waals surface area contributed by atoms with Crippen LogP contribution >= 0.6 is 27.5 Å². The van der Waals surface area contributed by atoms with Gasteiger partial charge in [-0.15, -0.1) is 0 Å². The van der Waals surface area contributed by atoms with E-state index in [2.05, 4.69) is 51.5 Å². The summed E-state index contributed by atoms with van der Waals surface area (Å²) >= 11 is 9.48. The lowest BCUT2D eigenvalue weighted by Gasteiger charge is -2.08. The van der Waals surface area contributed by atoms with Crippen LogP contribution in [0.1, 0.15) is 24.5 Å². The zero-order valence-corrected chi connectivity index (χ0v) is 13.2. The van der Waals surface area contributed by atoms with Crippen LogP contribution in [0.3, 0.4) is 0 Å². The van der Waals surface area contributed by atoms with Crippen LogP contribution in [-0.4, -0.2) is 16.3 Å². The van der Waals surface area contributed by atoms with Crippen molar-refractivity contribution < 1.29 is 0 Å². The van der Waals surface area contributed by atoms with E-state index in [0.717, 1.165) is 30.5 Å². The van der Waals surface area contributed by atoms with Crippen molar-refractivity contribution in [2.24, 2.45) is 0 Å². The highest BCUT2D eigenvalue weighted by molar-refractivity contribution is 9.10. The van der Waals surface area contributed by atoms with Crippen molar-refractivity contribution in [1.82, 2.24) is 15.1 Å². The van der Waals surface area contributed by atoms with Crippen LogP contribution in [0, 0.1) is 0 Å². The molecule has 102 valence electrons. The van der Waals surface area contributed by atoms with Gasteiger partial charge >= 0.3 is 0 Å². The minimum absolute atomic E-state index is 0.663. The fourth-order valence-corrected chi connectivity index (χ4v) is 2.55. The summed E-state index contributed by atoms with van der Waals surface area (Å²) in [6.07, 6.45) is 4.63. The molecule has 5 heteroatoms. The number of aromatic nitrogens is 2. The van der Waals surface area contributed by atoms with Gasteiger partial charge in [0.25, 0.3) is 0 Å². The molecule has 0 aliphatic rings. The van der Waals surface area contributed by atoms with Crippen molar-refractivity contribution in [3.8, 4) is 0 Å². The van der Waals surface area contributed by atoms with E-state index in [1.807, 2.05) is 10.9 Å². The summed E-state index contributed by atoms with van der Waals surface area (Å²) in [5.74, 6) is 0. The predicted octanol–water partition coefficient (Wildman–Crippen LogP) is 3.85. The summed E-state index contributed by atoms with van der Waals surface area (Å²) in [6, 6.07) is 6.43. The molecule has 0 amide bonds. The van der Waals surface area contributed by atoms with Crippen molar-refractivity contribution in [2.45, 2.75) is 26.4 Å². The van der Waals surface area contributed by atoms with Crippen molar-refractivity contribution in [3.63, 3.8) is 0 Å². The number of benzene rings is 1. The van der Waals surface area contributed by atoms with Crippen LogP contribution in [0.2, 0.25) is 5.02 Å². The Morgan fingerprint density at radius 2 is 2.26 bits per heavy atom. The molecule has 3 nitrogen and oxygen atoms in total. The standard InChI is InChI=1S/C14H17BrClN3/c1-2-5-17-7-11-3-4-12(14(15)6-11)9-19-10-13(16)8-18-19/h3-4,6,8,10,17H,2,5,7,9H2,1H3. The largest absolute Gasteiger partial charge is 0.313 e. The normalized spacial score (nSPS) is 10.9. The topological polar surface area (TPSA) is 29.9 Å². The predicted molar refractivity (Wildman–Crippen MR) is 82.5 cm³/mol. The third-order valence-electron chi connectivity index (χ3n) is 2.81. The van der Waals surface area contributed by atoms with Gasteiger partial charge in [-0.2, -0.15) is 5.10 Å². The highest BCUT2D eigenvalue weighted by Crippen LogP contribution is 2.20. The summed E-state index contributed by atoms with van der Waals surface area (Å²) < 4.78 is 2.94. The Hall–Kier alpha value is -0.840. The molecule has 2 rings (SSSR count). The highest BCUT2D eigenvalue weighted by Gasteiger charge is 2.04. The Morgan fingerprint density at radius 3 is 2.89 bits per heavy atom. The summed E-state index contributed by atoms with van der Waals surface area (Å²) in [4.78, 5) is 0. The number of hydrogen-bond donors (Lipinski definition) is 1. The Balaban J connectivity index is 2.02. The SMILES string of the molecule is CCCNCc1ccc(Cn2cc(Cl)cn2)c(Br)c1. The zero-order valence-electron chi connectivity index (χ0n) is 10.9. The van der Waals surface area contributed by atoms with Crippen LogP contribution in [-0.2, 0) is 13.1 Å². The maximum absolute atomic E-state index is 5.86. The zero-order chi connectivity index (χ0) is 13.7. The fourth-order valence-electron chi connectivity index (χ4n) is 1.84. The van der Waals surface area contributed by atoms with Crippen LogP contribution in [0.5, 0.6) is 0 Å². The number of hydrogen-bond acceptors (Lipinski definition) is 2. The summed E-state index contributed by atoms with van der Waals surface area (Å²) in [6.45, 7) is 4.84. The number of nitrogens with one attached hydrogen (secondary N) is 1. The van der Waals surface area contributed by atoms with E-state index in [0.29, 0.717) is 5.02 Å². The van der Waals surface area contributed by atoms with Gasteiger partial charge in [0, 0.05) is 17.2 Å². The molecule has 0 fully saturated rings. The third kappa shape index (κ3) is 4.34. The van der Waals surface area contributed by atoms with E-state index < -0.39 is 0 Å². The van der Waals surface area contributed by atoms with Gasteiger partial charge in [0.05, 0.1) is 17.8 Å². The second-order valence-corrected chi connectivity index (χ2v) is 5.75. The Labute approximate surface area is 127 Å². The van der Waals surface area contributed by atoms with Gasteiger partial charge in [0.15, 0.2) is 0 Å². The van der Waals surface area contributed by atoms with Crippen molar-refractivity contribution >= 4 is 27.5 Å². The van der Waals surface area contributed by atoms with Crippen molar-refractivity contribution in [3.05, 3.63) is 51.2 Å². The monoisotopic (exact) mass is 341 g/mol. The molecule has 0 saturated carbocycles. The molecule has 0 aliphatic carbocycles. The lowest BCUT2D eigenvalue weighted by Crippen LogP contribution is -2.13. The van der Waals surface area contributed by atoms with Crippen molar-refractivity contribution in [1.29, 1.82) is 0 Å². The lowest BCUT2D eigenvalue weighted by atomic mass is 10.1. The first-order chi connectivity index (χ1) is 9.19. The van der Waals surface area contributed by atoms with E-state index >= 15 is 0 Å². The van der Waals surface area contributed by atoms with Crippen LogP contribution in [0.25, 0.3) is 0 Å². The third-order valence-corrected chi connectivity index (χ3v) is 3.74.